The summed E-state index contributed by atoms with van der Waals surface area (Å²) in [6.45, 7) is 6.45. The van der Waals surface area contributed by atoms with Crippen LogP contribution in [-0.2, 0) is 11.3 Å². The zero-order chi connectivity index (χ0) is 23.4. The van der Waals surface area contributed by atoms with E-state index in [0.717, 1.165) is 36.4 Å². The van der Waals surface area contributed by atoms with E-state index in [4.69, 9.17) is 20.2 Å². The number of nitrogens with two attached hydrogens (primary N) is 1. The standard InChI is InChI=1S/C24H33FN6O2/c1-15-8-17(9-16(2)29-15)13-31-14-19(12-28-31)30-22-5-7-33-6-4-20(22)23(26)18-10-21(25)24(32-3)27-11-18/h10-12,14-17,29H,4-9,13,26H2,1-3H3. The monoisotopic (exact) mass is 456 g/mol. The van der Waals surface area contributed by atoms with E-state index in [-0.39, 0.29) is 5.88 Å². The van der Waals surface area contributed by atoms with Gasteiger partial charge in [-0.25, -0.2) is 14.4 Å². The van der Waals surface area contributed by atoms with Crippen molar-refractivity contribution in [2.24, 2.45) is 16.6 Å². The first-order valence-corrected chi connectivity index (χ1v) is 11.6. The van der Waals surface area contributed by atoms with E-state index in [1.54, 1.807) is 6.20 Å². The van der Waals surface area contributed by atoms with E-state index in [1.807, 2.05) is 10.9 Å². The van der Waals surface area contributed by atoms with Gasteiger partial charge in [0, 0.05) is 48.2 Å². The number of ether oxygens (including phenoxy) is 2. The predicted molar refractivity (Wildman–Crippen MR) is 126 cm³/mol. The van der Waals surface area contributed by atoms with E-state index in [1.165, 1.54) is 19.4 Å². The zero-order valence-electron chi connectivity index (χ0n) is 19.6. The number of aliphatic imine (C=N–C) groups is 1. The van der Waals surface area contributed by atoms with Gasteiger partial charge in [0.1, 0.15) is 5.69 Å². The SMILES string of the molecule is COc1ncc(C(N)=C2CCOCCC2=Nc2cnn(CC3CC(C)NC(C)C3)c2)cc1F. The summed E-state index contributed by atoms with van der Waals surface area (Å²) in [5.41, 5.74) is 9.90. The molecule has 2 aliphatic heterocycles. The van der Waals surface area contributed by atoms with Gasteiger partial charge in [0.2, 0.25) is 5.88 Å². The molecule has 33 heavy (non-hydrogen) atoms. The van der Waals surface area contributed by atoms with Gasteiger partial charge in [-0.05, 0) is 50.7 Å². The summed E-state index contributed by atoms with van der Waals surface area (Å²) >= 11 is 0. The van der Waals surface area contributed by atoms with Crippen LogP contribution in [0.25, 0.3) is 5.70 Å². The molecule has 2 atom stereocenters. The van der Waals surface area contributed by atoms with Gasteiger partial charge in [0.15, 0.2) is 5.82 Å². The molecule has 8 nitrogen and oxygen atoms in total. The van der Waals surface area contributed by atoms with E-state index in [0.29, 0.717) is 55.3 Å². The van der Waals surface area contributed by atoms with Crippen LogP contribution in [0.4, 0.5) is 10.1 Å². The first-order chi connectivity index (χ1) is 15.9. The molecule has 9 heteroatoms. The number of rotatable bonds is 5. The minimum Gasteiger partial charge on any atom is -0.479 e. The quantitative estimate of drug-likeness (QED) is 0.715. The van der Waals surface area contributed by atoms with Crippen molar-refractivity contribution in [2.75, 3.05) is 20.3 Å². The highest BCUT2D eigenvalue weighted by Gasteiger charge is 2.24. The predicted octanol–water partition coefficient (Wildman–Crippen LogP) is 3.46. The average Bonchev–Trinajstić information content (AvgIpc) is 3.07. The number of methoxy groups -OCH3 is 1. The van der Waals surface area contributed by atoms with Crippen molar-refractivity contribution in [2.45, 2.75) is 58.2 Å². The molecule has 0 radical (unpaired) electrons. The molecular weight excluding hydrogens is 423 g/mol. The number of hydrogen-bond donors (Lipinski definition) is 2. The second kappa shape index (κ2) is 10.4. The van der Waals surface area contributed by atoms with E-state index in [9.17, 15) is 4.39 Å². The van der Waals surface area contributed by atoms with Gasteiger partial charge < -0.3 is 20.5 Å². The van der Waals surface area contributed by atoms with Crippen LogP contribution in [0.5, 0.6) is 5.88 Å². The summed E-state index contributed by atoms with van der Waals surface area (Å²) in [5, 5.41) is 8.13. The lowest BCUT2D eigenvalue weighted by molar-refractivity contribution is 0.150. The Bertz CT molecular complexity index is 1020. The van der Waals surface area contributed by atoms with Gasteiger partial charge in [-0.3, -0.25) is 4.68 Å². The molecule has 0 saturated carbocycles. The highest BCUT2D eigenvalue weighted by molar-refractivity contribution is 6.07. The van der Waals surface area contributed by atoms with Crippen LogP contribution >= 0.6 is 0 Å². The molecule has 2 aromatic rings. The second-order valence-corrected chi connectivity index (χ2v) is 9.00. The summed E-state index contributed by atoms with van der Waals surface area (Å²) in [5.74, 6) is -0.0178. The van der Waals surface area contributed by atoms with Gasteiger partial charge in [-0.15, -0.1) is 0 Å². The second-order valence-electron chi connectivity index (χ2n) is 9.00. The van der Waals surface area contributed by atoms with Gasteiger partial charge in [0.25, 0.3) is 0 Å². The molecule has 4 rings (SSSR count). The Morgan fingerprint density at radius 1 is 1.27 bits per heavy atom. The van der Waals surface area contributed by atoms with Crippen molar-refractivity contribution in [3.8, 4) is 5.88 Å². The fraction of sp³-hybridized carbons (Fsp3) is 0.542. The van der Waals surface area contributed by atoms with Crippen LogP contribution < -0.4 is 15.8 Å². The minimum atomic E-state index is -0.551. The fourth-order valence-corrected chi connectivity index (χ4v) is 4.85. The van der Waals surface area contributed by atoms with Gasteiger partial charge in [-0.2, -0.15) is 5.10 Å². The lowest BCUT2D eigenvalue weighted by atomic mass is 9.89. The maximum atomic E-state index is 14.2. The fourth-order valence-electron chi connectivity index (χ4n) is 4.85. The van der Waals surface area contributed by atoms with Crippen LogP contribution in [0.2, 0.25) is 0 Å². The van der Waals surface area contributed by atoms with Crippen LogP contribution in [-0.4, -0.2) is 52.9 Å². The van der Waals surface area contributed by atoms with Gasteiger partial charge >= 0.3 is 0 Å². The van der Waals surface area contributed by atoms with Crippen LogP contribution in [0.1, 0.15) is 45.1 Å². The van der Waals surface area contributed by atoms with Crippen molar-refractivity contribution >= 4 is 17.1 Å². The van der Waals surface area contributed by atoms with Crippen molar-refractivity contribution < 1.29 is 13.9 Å². The zero-order valence-corrected chi connectivity index (χ0v) is 19.6. The molecule has 0 aliphatic carbocycles. The largest absolute Gasteiger partial charge is 0.479 e. The molecule has 2 aliphatic rings. The Kier molecular flexibility index (Phi) is 7.39. The Hall–Kier alpha value is -2.78. The summed E-state index contributed by atoms with van der Waals surface area (Å²) in [6, 6.07) is 2.39. The number of hydrogen-bond acceptors (Lipinski definition) is 7. The minimum absolute atomic E-state index is 0.0559. The Labute approximate surface area is 194 Å². The molecule has 0 spiro atoms. The van der Waals surface area contributed by atoms with Crippen LogP contribution in [0.3, 0.4) is 0 Å². The molecule has 2 fully saturated rings. The first-order valence-electron chi connectivity index (χ1n) is 11.6. The van der Waals surface area contributed by atoms with E-state index >= 15 is 0 Å². The maximum Gasteiger partial charge on any atom is 0.250 e. The number of piperidine rings is 1. The Balaban J connectivity index is 1.57. The smallest absolute Gasteiger partial charge is 0.250 e. The average molecular weight is 457 g/mol. The third-order valence-corrected chi connectivity index (χ3v) is 6.24. The summed E-state index contributed by atoms with van der Waals surface area (Å²) in [7, 11) is 1.38. The molecule has 0 amide bonds. The van der Waals surface area contributed by atoms with Crippen LogP contribution in [0.15, 0.2) is 35.2 Å². The van der Waals surface area contributed by atoms with Crippen molar-refractivity contribution in [1.29, 1.82) is 0 Å². The molecule has 2 aromatic heterocycles. The summed E-state index contributed by atoms with van der Waals surface area (Å²) in [4.78, 5) is 8.88. The highest BCUT2D eigenvalue weighted by Crippen LogP contribution is 2.26. The van der Waals surface area contributed by atoms with E-state index < -0.39 is 5.82 Å². The third-order valence-electron chi connectivity index (χ3n) is 6.24. The molecular formula is C24H33FN6O2. The van der Waals surface area contributed by atoms with Crippen LogP contribution in [0, 0.1) is 11.7 Å². The molecule has 3 N–H and O–H groups in total. The highest BCUT2D eigenvalue weighted by atomic mass is 19.1. The lowest BCUT2D eigenvalue weighted by Crippen LogP contribution is -2.43. The first kappa shape index (κ1) is 23.4. The Morgan fingerprint density at radius 2 is 2.03 bits per heavy atom. The number of halogens is 1. The maximum absolute atomic E-state index is 14.2. The molecule has 0 aromatic carbocycles. The normalized spacial score (nSPS) is 26.8. The number of aromatic nitrogens is 3. The number of nitrogens with zero attached hydrogens (tertiary/aromatic N) is 4. The van der Waals surface area contributed by atoms with Crippen molar-refractivity contribution in [1.82, 2.24) is 20.1 Å². The molecule has 4 heterocycles. The number of pyridine rings is 1. The van der Waals surface area contributed by atoms with Crippen molar-refractivity contribution in [3.05, 3.63) is 41.6 Å². The summed E-state index contributed by atoms with van der Waals surface area (Å²) < 4.78 is 26.8. The summed E-state index contributed by atoms with van der Waals surface area (Å²) in [6.07, 6.45) is 8.79. The third kappa shape index (κ3) is 5.78. The van der Waals surface area contributed by atoms with Gasteiger partial charge in [-0.1, -0.05) is 0 Å². The van der Waals surface area contributed by atoms with Gasteiger partial charge in [0.05, 0.1) is 32.7 Å². The molecule has 178 valence electrons. The molecule has 2 saturated heterocycles. The lowest BCUT2D eigenvalue weighted by Gasteiger charge is -2.32. The topological polar surface area (TPSA) is 99.6 Å². The van der Waals surface area contributed by atoms with Crippen molar-refractivity contribution in [3.63, 3.8) is 0 Å². The Morgan fingerprint density at radius 3 is 2.76 bits per heavy atom. The molecule has 0 bridgehead atoms. The number of nitrogens with one attached hydrogen (secondary N) is 1. The molecule has 2 unspecified atom stereocenters. The van der Waals surface area contributed by atoms with E-state index in [2.05, 4.69) is 29.2 Å².